The van der Waals surface area contributed by atoms with Crippen LogP contribution in [0, 0.1) is 0 Å². The molecule has 7 heteroatoms. The number of carbonyl (C=O) groups is 1. The van der Waals surface area contributed by atoms with Crippen molar-refractivity contribution in [1.29, 1.82) is 0 Å². The van der Waals surface area contributed by atoms with Gasteiger partial charge in [0.1, 0.15) is 5.75 Å². The number of hydrogen-bond acceptors (Lipinski definition) is 6. The first-order chi connectivity index (χ1) is 17.2. The summed E-state index contributed by atoms with van der Waals surface area (Å²) in [5, 5.41) is 3.61. The highest BCUT2D eigenvalue weighted by Gasteiger charge is 2.16. The van der Waals surface area contributed by atoms with Crippen molar-refractivity contribution in [3.8, 4) is 5.75 Å². The van der Waals surface area contributed by atoms with E-state index >= 15 is 0 Å². The van der Waals surface area contributed by atoms with Crippen LogP contribution in [0.25, 0.3) is 21.9 Å². The number of methoxy groups -OCH3 is 1. The first-order valence-electron chi connectivity index (χ1n) is 11.6. The van der Waals surface area contributed by atoms with Crippen LogP contribution in [0.2, 0.25) is 0 Å². The summed E-state index contributed by atoms with van der Waals surface area (Å²) in [6.07, 6.45) is 1.89. The molecule has 5 rings (SSSR count). The lowest BCUT2D eigenvalue weighted by Gasteiger charge is -2.26. The van der Waals surface area contributed by atoms with Crippen LogP contribution < -0.4 is 10.1 Å². The van der Waals surface area contributed by atoms with Crippen molar-refractivity contribution < 1.29 is 14.3 Å². The standard InChI is InChI=1S/C28H27N3O3S/c1-33-23-10-7-20(8-11-23)17-24(22-5-3-2-4-6-22)27(32)30-28-29-25-12-9-21(18-26(25)35-28)19-31-13-15-34-16-14-31/h2-12,17-18H,13-16,19H2,1H3,(H,29,30,32)/b24-17+. The van der Waals surface area contributed by atoms with Gasteiger partial charge in [-0.1, -0.05) is 59.9 Å². The monoisotopic (exact) mass is 485 g/mol. The number of hydrogen-bond donors (Lipinski definition) is 1. The van der Waals surface area contributed by atoms with E-state index in [2.05, 4.69) is 27.3 Å². The quantitative estimate of drug-likeness (QED) is 0.284. The van der Waals surface area contributed by atoms with E-state index in [4.69, 9.17) is 9.47 Å². The SMILES string of the molecule is COc1ccc(/C=C(/C(=O)Nc2nc3ccc(CN4CCOCC4)cc3s2)c2ccccc2)cc1. The zero-order valence-electron chi connectivity index (χ0n) is 19.6. The van der Waals surface area contributed by atoms with Gasteiger partial charge < -0.3 is 9.47 Å². The lowest BCUT2D eigenvalue weighted by molar-refractivity contribution is -0.111. The Morgan fingerprint density at radius 2 is 1.86 bits per heavy atom. The molecule has 0 unspecified atom stereocenters. The fourth-order valence-electron chi connectivity index (χ4n) is 4.07. The Morgan fingerprint density at radius 1 is 1.09 bits per heavy atom. The molecule has 1 amide bonds. The van der Waals surface area contributed by atoms with Gasteiger partial charge in [0.2, 0.25) is 0 Å². The van der Waals surface area contributed by atoms with Crippen LogP contribution in [-0.2, 0) is 16.1 Å². The average molecular weight is 486 g/mol. The molecule has 6 nitrogen and oxygen atoms in total. The molecule has 3 aromatic carbocycles. The summed E-state index contributed by atoms with van der Waals surface area (Å²) in [4.78, 5) is 20.4. The molecule has 0 saturated carbocycles. The van der Waals surface area contributed by atoms with Crippen molar-refractivity contribution in [2.24, 2.45) is 0 Å². The highest BCUT2D eigenvalue weighted by atomic mass is 32.1. The number of nitrogens with one attached hydrogen (secondary N) is 1. The van der Waals surface area contributed by atoms with Gasteiger partial charge in [-0.2, -0.15) is 0 Å². The maximum Gasteiger partial charge on any atom is 0.258 e. The van der Waals surface area contributed by atoms with E-state index in [1.807, 2.05) is 66.7 Å². The van der Waals surface area contributed by atoms with E-state index in [1.165, 1.54) is 16.9 Å². The number of ether oxygens (including phenoxy) is 2. The molecule has 0 atom stereocenters. The van der Waals surface area contributed by atoms with Gasteiger partial charge in [0.05, 0.1) is 30.5 Å². The number of aromatic nitrogens is 1. The fraction of sp³-hybridized carbons (Fsp3) is 0.214. The minimum Gasteiger partial charge on any atom is -0.497 e. The molecule has 0 bridgehead atoms. The zero-order valence-corrected chi connectivity index (χ0v) is 20.4. The summed E-state index contributed by atoms with van der Waals surface area (Å²) < 4.78 is 11.8. The van der Waals surface area contributed by atoms with Crippen LogP contribution in [0.4, 0.5) is 5.13 Å². The fourth-order valence-corrected chi connectivity index (χ4v) is 4.99. The lowest BCUT2D eigenvalue weighted by atomic mass is 10.0. The van der Waals surface area contributed by atoms with Gasteiger partial charge in [-0.05, 0) is 47.0 Å². The number of amides is 1. The molecule has 2 heterocycles. The second-order valence-corrected chi connectivity index (χ2v) is 9.39. The molecule has 0 spiro atoms. The zero-order chi connectivity index (χ0) is 24.0. The third-order valence-corrected chi connectivity index (χ3v) is 6.87. The van der Waals surface area contributed by atoms with Crippen LogP contribution in [0.3, 0.4) is 0 Å². The Bertz CT molecular complexity index is 1330. The molecule has 178 valence electrons. The van der Waals surface area contributed by atoms with E-state index in [1.54, 1.807) is 7.11 Å². The minimum absolute atomic E-state index is 0.195. The molecule has 1 aliphatic rings. The van der Waals surface area contributed by atoms with Crippen LogP contribution in [0.15, 0.2) is 72.8 Å². The summed E-state index contributed by atoms with van der Waals surface area (Å²) in [5.41, 5.74) is 4.45. The van der Waals surface area contributed by atoms with E-state index in [-0.39, 0.29) is 5.91 Å². The molecule has 1 fully saturated rings. The van der Waals surface area contributed by atoms with Crippen molar-refractivity contribution in [2.45, 2.75) is 6.54 Å². The molecule has 4 aromatic rings. The van der Waals surface area contributed by atoms with Crippen LogP contribution in [0.1, 0.15) is 16.7 Å². The number of anilines is 1. The Kier molecular flexibility index (Phi) is 7.18. The third kappa shape index (κ3) is 5.77. The van der Waals surface area contributed by atoms with Crippen LogP contribution in [0.5, 0.6) is 5.75 Å². The normalized spacial score (nSPS) is 14.7. The Labute approximate surface area is 208 Å². The van der Waals surface area contributed by atoms with E-state index in [9.17, 15) is 4.79 Å². The third-order valence-electron chi connectivity index (χ3n) is 5.94. The molecular formula is C28H27N3O3S. The summed E-state index contributed by atoms with van der Waals surface area (Å²) in [6.45, 7) is 4.36. The van der Waals surface area contributed by atoms with Gasteiger partial charge in [-0.3, -0.25) is 15.0 Å². The summed E-state index contributed by atoms with van der Waals surface area (Å²) in [6, 6.07) is 23.6. The predicted octanol–water partition coefficient (Wildman–Crippen LogP) is 5.32. The van der Waals surface area contributed by atoms with E-state index in [0.29, 0.717) is 10.7 Å². The van der Waals surface area contributed by atoms with Crippen molar-refractivity contribution in [1.82, 2.24) is 9.88 Å². The van der Waals surface area contributed by atoms with Crippen LogP contribution >= 0.6 is 11.3 Å². The topological polar surface area (TPSA) is 63.7 Å². The number of fused-ring (bicyclic) bond motifs is 1. The first kappa shape index (κ1) is 23.2. The first-order valence-corrected chi connectivity index (χ1v) is 12.4. The summed E-state index contributed by atoms with van der Waals surface area (Å²) in [5.74, 6) is 0.579. The molecule has 35 heavy (non-hydrogen) atoms. The number of carbonyl (C=O) groups excluding carboxylic acids is 1. The van der Waals surface area contributed by atoms with E-state index in [0.717, 1.165) is 59.9 Å². The summed E-state index contributed by atoms with van der Waals surface area (Å²) >= 11 is 1.50. The molecule has 1 saturated heterocycles. The van der Waals surface area contributed by atoms with Crippen molar-refractivity contribution >= 4 is 44.2 Å². The number of thiazole rings is 1. The van der Waals surface area contributed by atoms with E-state index < -0.39 is 0 Å². The van der Waals surface area contributed by atoms with Gasteiger partial charge in [-0.15, -0.1) is 0 Å². The second kappa shape index (κ2) is 10.8. The number of rotatable bonds is 7. The maximum absolute atomic E-state index is 13.4. The maximum atomic E-state index is 13.4. The van der Waals surface area contributed by atoms with Crippen molar-refractivity contribution in [3.63, 3.8) is 0 Å². The smallest absolute Gasteiger partial charge is 0.258 e. The highest BCUT2D eigenvalue weighted by Crippen LogP contribution is 2.29. The van der Waals surface area contributed by atoms with Gasteiger partial charge in [0.15, 0.2) is 5.13 Å². The second-order valence-electron chi connectivity index (χ2n) is 8.36. The predicted molar refractivity (Wildman–Crippen MR) is 142 cm³/mol. The minimum atomic E-state index is -0.195. The van der Waals surface area contributed by atoms with Gasteiger partial charge in [-0.25, -0.2) is 4.98 Å². The lowest BCUT2D eigenvalue weighted by Crippen LogP contribution is -2.35. The number of nitrogens with zero attached hydrogens (tertiary/aromatic N) is 2. The van der Waals surface area contributed by atoms with Gasteiger partial charge in [0, 0.05) is 25.2 Å². The average Bonchev–Trinajstić information content (AvgIpc) is 3.30. The Hall–Kier alpha value is -3.52. The summed E-state index contributed by atoms with van der Waals surface area (Å²) in [7, 11) is 1.64. The Balaban J connectivity index is 1.37. The van der Waals surface area contributed by atoms with Crippen molar-refractivity contribution in [2.75, 3.05) is 38.7 Å². The molecular weight excluding hydrogens is 458 g/mol. The number of morpholine rings is 1. The molecule has 1 aromatic heterocycles. The largest absolute Gasteiger partial charge is 0.497 e. The molecule has 0 aliphatic carbocycles. The number of benzene rings is 3. The Morgan fingerprint density at radius 3 is 2.60 bits per heavy atom. The highest BCUT2D eigenvalue weighted by molar-refractivity contribution is 7.22. The molecule has 1 N–H and O–H groups in total. The van der Waals surface area contributed by atoms with Gasteiger partial charge >= 0.3 is 0 Å². The van der Waals surface area contributed by atoms with Crippen molar-refractivity contribution in [3.05, 3.63) is 89.5 Å². The molecule has 1 aliphatic heterocycles. The van der Waals surface area contributed by atoms with Crippen LogP contribution in [-0.4, -0.2) is 49.2 Å². The van der Waals surface area contributed by atoms with Gasteiger partial charge in [0.25, 0.3) is 5.91 Å². The molecule has 0 radical (unpaired) electrons.